The summed E-state index contributed by atoms with van der Waals surface area (Å²) < 4.78 is 28.9. The van der Waals surface area contributed by atoms with Gasteiger partial charge in [0.2, 0.25) is 5.91 Å². The zero-order valence-corrected chi connectivity index (χ0v) is 82.1. The molecule has 9 N–H and O–H groups in total. The number of aromatic hydroxyl groups is 1. The SMILES string of the molecule is CC1=C(C#N)C(=O)NC(=O)/C1=C/c1ccc(-c2ccc(Cl)c(C(=O)OC(C)C)c2)o1.COC(=O)c1cc(NC(=O)Cc2cccs2)cc(C(=O)OC)c1.Cc1cccc(C)c1Nc1c(-c2ccccc2NC(=O)Nc2cccc(Cl)c2)nc2c(C(=O)NCC(C)C)cccn12.O=C(O)c1ccc(-n2c(/C=C/c3ccco3)nc3ccccc3c2=O)cc1.O=C1C(Cc2ccc(O)cc2)NC(=S)N1C1CCCCC1. The van der Waals surface area contributed by atoms with Crippen LogP contribution in [0.2, 0.25) is 10.0 Å². The summed E-state index contributed by atoms with van der Waals surface area (Å²) in [4.78, 5) is 147. The van der Waals surface area contributed by atoms with Gasteiger partial charge in [-0.15, -0.1) is 11.3 Å². The van der Waals surface area contributed by atoms with Crippen molar-refractivity contribution in [2.45, 2.75) is 112 Å². The average Bonchev–Trinajstić information content (AvgIpc) is 1.62. The molecule has 730 valence electrons. The summed E-state index contributed by atoms with van der Waals surface area (Å²) in [6.45, 7) is 13.7. The number of esters is 3. The monoisotopic (exact) mass is 2000 g/mol. The van der Waals surface area contributed by atoms with Gasteiger partial charge in [-0.25, -0.2) is 33.9 Å². The minimum absolute atomic E-state index is 0.0972. The molecule has 35 heteroatoms. The average molecular weight is 2000 g/mol. The highest BCUT2D eigenvalue weighted by Crippen LogP contribution is 2.39. The Morgan fingerprint density at radius 3 is 2.06 bits per heavy atom. The van der Waals surface area contributed by atoms with Gasteiger partial charge >= 0.3 is 29.9 Å². The van der Waals surface area contributed by atoms with E-state index >= 15 is 0 Å². The van der Waals surface area contributed by atoms with Gasteiger partial charge in [0.1, 0.15) is 58.1 Å². The molecular weight excluding hydrogens is 1900 g/mol. The van der Waals surface area contributed by atoms with E-state index in [1.165, 1.54) is 92.7 Å². The maximum atomic E-state index is 13.2. The molecule has 8 aromatic carbocycles. The summed E-state index contributed by atoms with van der Waals surface area (Å²) in [5.41, 5.74) is 10.2. The fourth-order valence-corrected chi connectivity index (χ4v) is 17.0. The number of pyridine rings is 1. The number of aryl methyl sites for hydroxylation is 2. The predicted octanol–water partition coefficient (Wildman–Crippen LogP) is 20.8. The van der Waals surface area contributed by atoms with Gasteiger partial charge in [0.15, 0.2) is 10.8 Å². The maximum Gasteiger partial charge on any atom is 0.339 e. The molecular formula is C108H99Cl2N13O18S2. The molecule has 7 amide bonds. The van der Waals surface area contributed by atoms with Gasteiger partial charge in [-0.05, 0) is 263 Å². The molecule has 2 aliphatic heterocycles. The number of rotatable bonds is 24. The number of benzene rings is 8. The summed E-state index contributed by atoms with van der Waals surface area (Å²) in [5, 5.41) is 51.6. The van der Waals surface area contributed by atoms with Crippen LogP contribution in [0.5, 0.6) is 5.75 Å². The minimum atomic E-state index is -1.02. The Hall–Kier alpha value is -16.7. The Bertz CT molecular complexity index is 7300. The summed E-state index contributed by atoms with van der Waals surface area (Å²) in [6.07, 6.45) is 14.6. The predicted molar refractivity (Wildman–Crippen MR) is 553 cm³/mol. The Morgan fingerprint density at radius 2 is 1.39 bits per heavy atom. The molecule has 1 atom stereocenters. The lowest BCUT2D eigenvalue weighted by atomic mass is 9.94. The molecule has 1 saturated heterocycles. The van der Waals surface area contributed by atoms with Gasteiger partial charge in [-0.3, -0.25) is 48.0 Å². The number of furan rings is 2. The first-order valence-electron chi connectivity index (χ1n) is 45.2. The number of nitrogens with zero attached hydrogens (tertiary/aromatic N) is 6. The highest BCUT2D eigenvalue weighted by atomic mass is 35.5. The second-order valence-electron chi connectivity index (χ2n) is 33.6. The third-order valence-electron chi connectivity index (χ3n) is 22.6. The number of hydrogen-bond donors (Lipinski definition) is 9. The van der Waals surface area contributed by atoms with Crippen molar-refractivity contribution in [3.05, 3.63) is 346 Å². The number of aromatic carboxylic acids is 1. The lowest BCUT2D eigenvalue weighted by Crippen LogP contribution is -2.42. The second-order valence-corrected chi connectivity index (χ2v) is 35.9. The van der Waals surface area contributed by atoms with E-state index in [0.717, 1.165) is 40.1 Å². The first-order valence-corrected chi connectivity index (χ1v) is 47.3. The van der Waals surface area contributed by atoms with Crippen molar-refractivity contribution in [2.24, 2.45) is 5.92 Å². The van der Waals surface area contributed by atoms with Crippen molar-refractivity contribution in [2.75, 3.05) is 42.0 Å². The van der Waals surface area contributed by atoms with Crippen molar-refractivity contribution in [1.82, 2.24) is 39.8 Å². The highest BCUT2D eigenvalue weighted by Gasteiger charge is 2.40. The number of carbonyl (C=O) groups is 10. The van der Waals surface area contributed by atoms with E-state index in [1.807, 2.05) is 123 Å². The molecule has 6 aromatic heterocycles. The Kier molecular flexibility index (Phi) is 35.0. The summed E-state index contributed by atoms with van der Waals surface area (Å²) >= 11 is 19.1. The number of thiocarbonyl (C=S) groups is 1. The summed E-state index contributed by atoms with van der Waals surface area (Å²) in [6, 6.07) is 65.3. The van der Waals surface area contributed by atoms with Gasteiger partial charge < -0.3 is 65.2 Å². The van der Waals surface area contributed by atoms with Crippen LogP contribution in [0.3, 0.4) is 0 Å². The largest absolute Gasteiger partial charge is 0.508 e. The van der Waals surface area contributed by atoms with Crippen LogP contribution in [-0.2, 0) is 46.2 Å². The topological polar surface area (TPSA) is 429 Å². The number of aromatic nitrogens is 4. The Balaban J connectivity index is 0.000000153. The van der Waals surface area contributed by atoms with Crippen LogP contribution in [0.4, 0.5) is 33.4 Å². The molecule has 3 aliphatic rings. The van der Waals surface area contributed by atoms with Crippen LogP contribution in [0.15, 0.2) is 273 Å². The van der Waals surface area contributed by atoms with Crippen molar-refractivity contribution in [3.8, 4) is 40.1 Å². The number of imidazole rings is 1. The number of carbonyl (C=O) groups excluding carboxylic acids is 9. The van der Waals surface area contributed by atoms with Gasteiger partial charge in [-0.2, -0.15) is 5.26 Å². The van der Waals surface area contributed by atoms with Crippen LogP contribution in [-0.4, -0.2) is 138 Å². The number of phenols is 1. The molecule has 0 bridgehead atoms. The van der Waals surface area contributed by atoms with Crippen LogP contribution >= 0.6 is 46.8 Å². The number of halogens is 2. The van der Waals surface area contributed by atoms with Crippen LogP contribution in [0.1, 0.15) is 157 Å². The van der Waals surface area contributed by atoms with E-state index in [4.69, 9.17) is 64.3 Å². The number of nitrogens with one attached hydrogen (secondary N) is 7. The number of phenolic OH excluding ortho intramolecular Hbond substituents is 1. The Morgan fingerprint density at radius 1 is 0.685 bits per heavy atom. The summed E-state index contributed by atoms with van der Waals surface area (Å²) in [7, 11) is 2.48. The van der Waals surface area contributed by atoms with Crippen LogP contribution in [0.25, 0.3) is 63.0 Å². The second kappa shape index (κ2) is 48.3. The number of urea groups is 1. The molecule has 17 rings (SSSR count). The first-order chi connectivity index (χ1) is 68.7. The number of imide groups is 1. The van der Waals surface area contributed by atoms with Crippen LogP contribution < -0.4 is 42.8 Å². The fourth-order valence-electron chi connectivity index (χ4n) is 15.6. The molecule has 31 nitrogen and oxygen atoms in total. The number of carboxylic acid groups (broad SMARTS) is 1. The Labute approximate surface area is 841 Å². The van der Waals surface area contributed by atoms with Crippen molar-refractivity contribution in [1.29, 1.82) is 5.26 Å². The molecule has 1 unspecified atom stereocenters. The molecule has 0 radical (unpaired) electrons. The lowest BCUT2D eigenvalue weighted by Gasteiger charge is -2.30. The van der Waals surface area contributed by atoms with E-state index in [1.54, 1.807) is 158 Å². The molecule has 14 aromatic rings. The van der Waals surface area contributed by atoms with E-state index in [9.17, 15) is 57.8 Å². The molecule has 143 heavy (non-hydrogen) atoms. The quantitative estimate of drug-likeness (QED) is 0.00892. The molecule has 2 fully saturated rings. The van der Waals surface area contributed by atoms with E-state index in [2.05, 4.69) is 51.7 Å². The van der Waals surface area contributed by atoms with Crippen molar-refractivity contribution < 1.29 is 81.2 Å². The number of nitriles is 1. The number of hydrogen-bond acceptors (Lipinski definition) is 23. The van der Waals surface area contributed by atoms with Crippen molar-refractivity contribution in [3.63, 3.8) is 0 Å². The maximum absolute atomic E-state index is 13.2. The zero-order chi connectivity index (χ0) is 102. The van der Waals surface area contributed by atoms with Gasteiger partial charge in [0, 0.05) is 68.9 Å². The highest BCUT2D eigenvalue weighted by molar-refractivity contribution is 7.80. The first kappa shape index (κ1) is 104. The molecule has 1 aliphatic carbocycles. The van der Waals surface area contributed by atoms with E-state index in [0.29, 0.717) is 120 Å². The normalized spacial score (nSPS) is 13.6. The number of fused-ring (bicyclic) bond motifs is 2. The number of carboxylic acids is 1. The summed E-state index contributed by atoms with van der Waals surface area (Å²) in [5.74, 6) is -1.43. The smallest absolute Gasteiger partial charge is 0.339 e. The fraction of sp³-hybridized carbons (Fsp3) is 0.194. The standard InChI is InChI=1S/C33H33ClN6O2.C22H17ClN2O5.C21H14N2O4.C16H20N2O2S.C16H15NO5S/c1-20(2)19-35-32(41)26-15-9-17-40-30(26)39-29(31(40)38-28-21(3)10-7-11-22(28)4)25-14-5-6-16-27(25)37-33(42)36-24-13-8-12-23(34)18-24;1-11(2)29-22(28)16-8-13(4-6-18(16)23)19-7-5-14(30-19)9-15-12(3)17(10-24)21(27)25-20(15)26;24-20-17-5-1-2-6-18(17)22-19(12-11-16-4-3-13-27-16)23(20)15-9-7-14(8-10-15)21(25)26;19-13-8-6-11(7-9-13)10-14-15(20)18(16(21)17-14)12-4-2-1-3-5-12;1-21-15(19)10-6-11(16(20)22-2)8-12(7-10)17-14(18)9-13-4-3-5-23-13/h5-18,20,38H,19H2,1-4H3,(H,35,41)(H2,36,37,42);4-9,11H,1-3H3,(H,25,26,27);1-13H,(H,25,26);6-9,12,14,19H,1-5,10H2,(H,17,21);3-8H,9H2,1-2H3,(H,17,18)/b;15-9+;12-11+;;. The van der Waals surface area contributed by atoms with Crippen LogP contribution in [0, 0.1) is 31.1 Å². The molecule has 8 heterocycles. The van der Waals surface area contributed by atoms with E-state index in [-0.39, 0.29) is 97.6 Å². The number of thiophene rings is 1. The zero-order valence-electron chi connectivity index (χ0n) is 79.0. The van der Waals surface area contributed by atoms with Gasteiger partial charge in [0.05, 0.1) is 88.1 Å². The number of para-hydroxylation sites is 3. The third kappa shape index (κ3) is 26.7. The third-order valence-corrected chi connectivity index (χ3v) is 24.3. The van der Waals surface area contributed by atoms with E-state index < -0.39 is 41.7 Å². The number of methoxy groups -OCH3 is 2. The molecule has 1 saturated carbocycles. The van der Waals surface area contributed by atoms with Gasteiger partial charge in [0.25, 0.3) is 29.2 Å². The number of ether oxygens (including phenoxy) is 3. The van der Waals surface area contributed by atoms with Crippen molar-refractivity contribution >= 4 is 175 Å². The lowest BCUT2D eigenvalue weighted by molar-refractivity contribution is -0.129. The number of amides is 7. The minimum Gasteiger partial charge on any atom is -0.508 e. The number of anilines is 5. The van der Waals surface area contributed by atoms with Gasteiger partial charge in [-0.1, -0.05) is 129 Å². The molecule has 0 spiro atoms.